The van der Waals surface area contributed by atoms with Gasteiger partial charge in [0.05, 0.1) is 11.8 Å². The zero-order chi connectivity index (χ0) is 14.7. The van der Waals surface area contributed by atoms with E-state index in [-0.39, 0.29) is 5.91 Å². The summed E-state index contributed by atoms with van der Waals surface area (Å²) >= 11 is 0. The second kappa shape index (κ2) is 5.67. The van der Waals surface area contributed by atoms with Gasteiger partial charge >= 0.3 is 0 Å². The first-order valence-electron chi connectivity index (χ1n) is 6.75. The first kappa shape index (κ1) is 13.2. The van der Waals surface area contributed by atoms with Crippen LogP contribution < -0.4 is 5.32 Å². The van der Waals surface area contributed by atoms with Gasteiger partial charge in [0.15, 0.2) is 0 Å². The van der Waals surface area contributed by atoms with Crippen LogP contribution in [0.15, 0.2) is 71.3 Å². The third kappa shape index (κ3) is 2.72. The van der Waals surface area contributed by atoms with Gasteiger partial charge in [-0.25, -0.2) is 0 Å². The Morgan fingerprint density at radius 1 is 0.952 bits per heavy atom. The summed E-state index contributed by atoms with van der Waals surface area (Å²) in [7, 11) is 0. The molecule has 1 amide bonds. The molecule has 0 bridgehead atoms. The molecule has 0 aliphatic heterocycles. The van der Waals surface area contributed by atoms with Crippen molar-refractivity contribution in [3.8, 4) is 11.1 Å². The molecule has 0 atom stereocenters. The molecular formula is C18H15NO2. The molecular weight excluding hydrogens is 262 g/mol. The lowest BCUT2D eigenvalue weighted by molar-refractivity contribution is 0.102. The Balaban J connectivity index is 1.94. The van der Waals surface area contributed by atoms with Gasteiger partial charge in [0, 0.05) is 11.3 Å². The zero-order valence-corrected chi connectivity index (χ0v) is 11.7. The summed E-state index contributed by atoms with van der Waals surface area (Å²) in [6.07, 6.45) is 1.52. The van der Waals surface area contributed by atoms with Crippen LogP contribution in [0.2, 0.25) is 0 Å². The Morgan fingerprint density at radius 3 is 2.38 bits per heavy atom. The molecule has 0 fully saturated rings. The predicted molar refractivity (Wildman–Crippen MR) is 83.3 cm³/mol. The van der Waals surface area contributed by atoms with Gasteiger partial charge < -0.3 is 9.73 Å². The molecule has 0 saturated carbocycles. The van der Waals surface area contributed by atoms with Gasteiger partial charge in [-0.15, -0.1) is 0 Å². The summed E-state index contributed by atoms with van der Waals surface area (Å²) in [5.74, 6) is 0.453. The smallest absolute Gasteiger partial charge is 0.259 e. The fourth-order valence-electron chi connectivity index (χ4n) is 2.27. The van der Waals surface area contributed by atoms with Crippen molar-refractivity contribution >= 4 is 11.6 Å². The van der Waals surface area contributed by atoms with Gasteiger partial charge in [-0.1, -0.05) is 48.5 Å². The number of hydrogen-bond acceptors (Lipinski definition) is 2. The van der Waals surface area contributed by atoms with E-state index in [0.717, 1.165) is 16.8 Å². The molecule has 3 heteroatoms. The van der Waals surface area contributed by atoms with Gasteiger partial charge in [0.2, 0.25) is 0 Å². The number of aryl methyl sites for hydroxylation is 1. The molecule has 2 aromatic carbocycles. The number of rotatable bonds is 3. The van der Waals surface area contributed by atoms with Crippen LogP contribution in [0.4, 0.5) is 5.69 Å². The second-order valence-corrected chi connectivity index (χ2v) is 4.76. The molecule has 0 unspecified atom stereocenters. The molecule has 3 aromatic rings. The monoisotopic (exact) mass is 277 g/mol. The number of nitrogens with one attached hydrogen (secondary N) is 1. The highest BCUT2D eigenvalue weighted by atomic mass is 16.3. The standard InChI is InChI=1S/C18H15NO2/c1-13-15(11-12-21-13)18(20)19-17-10-6-5-9-16(17)14-7-3-2-4-8-14/h2-12H,1H3,(H,19,20). The van der Waals surface area contributed by atoms with Gasteiger partial charge in [-0.05, 0) is 24.6 Å². The van der Waals surface area contributed by atoms with Gasteiger partial charge in [0.25, 0.3) is 5.91 Å². The van der Waals surface area contributed by atoms with E-state index >= 15 is 0 Å². The van der Waals surface area contributed by atoms with Crippen LogP contribution in [0.1, 0.15) is 16.1 Å². The average molecular weight is 277 g/mol. The van der Waals surface area contributed by atoms with Crippen molar-refractivity contribution in [1.29, 1.82) is 0 Å². The van der Waals surface area contributed by atoms with Gasteiger partial charge in [-0.2, -0.15) is 0 Å². The highest BCUT2D eigenvalue weighted by molar-refractivity contribution is 6.06. The highest BCUT2D eigenvalue weighted by Crippen LogP contribution is 2.28. The number of benzene rings is 2. The first-order valence-corrected chi connectivity index (χ1v) is 6.75. The number of amides is 1. The normalized spacial score (nSPS) is 10.3. The predicted octanol–water partition coefficient (Wildman–Crippen LogP) is 4.51. The van der Waals surface area contributed by atoms with Crippen molar-refractivity contribution in [3.63, 3.8) is 0 Å². The zero-order valence-electron chi connectivity index (χ0n) is 11.7. The largest absolute Gasteiger partial charge is 0.469 e. The van der Waals surface area contributed by atoms with E-state index in [4.69, 9.17) is 4.42 Å². The molecule has 0 saturated heterocycles. The summed E-state index contributed by atoms with van der Waals surface area (Å²) in [5.41, 5.74) is 3.40. The lowest BCUT2D eigenvalue weighted by Gasteiger charge is -2.11. The molecule has 3 rings (SSSR count). The second-order valence-electron chi connectivity index (χ2n) is 4.76. The van der Waals surface area contributed by atoms with Crippen LogP contribution in [0.5, 0.6) is 0 Å². The minimum Gasteiger partial charge on any atom is -0.469 e. The van der Waals surface area contributed by atoms with Crippen LogP contribution in [-0.2, 0) is 0 Å². The fraction of sp³-hybridized carbons (Fsp3) is 0.0556. The molecule has 0 aliphatic rings. The minimum atomic E-state index is -0.162. The summed E-state index contributed by atoms with van der Waals surface area (Å²) in [4.78, 5) is 12.3. The lowest BCUT2D eigenvalue weighted by Crippen LogP contribution is -2.12. The van der Waals surface area contributed by atoms with Crippen molar-refractivity contribution < 1.29 is 9.21 Å². The van der Waals surface area contributed by atoms with Crippen molar-refractivity contribution in [1.82, 2.24) is 0 Å². The molecule has 0 spiro atoms. The average Bonchev–Trinajstić information content (AvgIpc) is 2.95. The fourth-order valence-corrected chi connectivity index (χ4v) is 2.27. The van der Waals surface area contributed by atoms with Crippen molar-refractivity contribution in [2.75, 3.05) is 5.32 Å². The Kier molecular flexibility index (Phi) is 3.56. The molecule has 1 heterocycles. The molecule has 21 heavy (non-hydrogen) atoms. The summed E-state index contributed by atoms with van der Waals surface area (Å²) < 4.78 is 5.18. The molecule has 0 radical (unpaired) electrons. The molecule has 1 aromatic heterocycles. The Labute approximate surface area is 123 Å². The van der Waals surface area contributed by atoms with Crippen LogP contribution in [0.3, 0.4) is 0 Å². The third-order valence-electron chi connectivity index (χ3n) is 3.36. The van der Waals surface area contributed by atoms with E-state index in [1.54, 1.807) is 13.0 Å². The van der Waals surface area contributed by atoms with E-state index in [1.165, 1.54) is 6.26 Å². The molecule has 104 valence electrons. The van der Waals surface area contributed by atoms with Gasteiger partial charge in [0.1, 0.15) is 5.76 Å². The molecule has 0 aliphatic carbocycles. The van der Waals surface area contributed by atoms with Crippen molar-refractivity contribution in [3.05, 3.63) is 78.3 Å². The quantitative estimate of drug-likeness (QED) is 0.765. The maximum absolute atomic E-state index is 12.3. The topological polar surface area (TPSA) is 42.2 Å². The van der Waals surface area contributed by atoms with Crippen LogP contribution in [0.25, 0.3) is 11.1 Å². The Morgan fingerprint density at radius 2 is 1.67 bits per heavy atom. The SMILES string of the molecule is Cc1occc1C(=O)Nc1ccccc1-c1ccccc1. The van der Waals surface area contributed by atoms with E-state index in [0.29, 0.717) is 11.3 Å². The number of carbonyl (C=O) groups excluding carboxylic acids is 1. The summed E-state index contributed by atoms with van der Waals surface area (Å²) in [5, 5.41) is 2.95. The number of furan rings is 1. The first-order chi connectivity index (χ1) is 10.3. The van der Waals surface area contributed by atoms with E-state index in [9.17, 15) is 4.79 Å². The van der Waals surface area contributed by atoms with E-state index in [2.05, 4.69) is 5.32 Å². The van der Waals surface area contributed by atoms with Crippen LogP contribution >= 0.6 is 0 Å². The lowest BCUT2D eigenvalue weighted by atomic mass is 10.0. The van der Waals surface area contributed by atoms with Crippen molar-refractivity contribution in [2.24, 2.45) is 0 Å². The van der Waals surface area contributed by atoms with Crippen LogP contribution in [-0.4, -0.2) is 5.91 Å². The minimum absolute atomic E-state index is 0.162. The summed E-state index contributed by atoms with van der Waals surface area (Å²) in [6, 6.07) is 19.4. The maximum Gasteiger partial charge on any atom is 0.259 e. The summed E-state index contributed by atoms with van der Waals surface area (Å²) in [6.45, 7) is 1.78. The van der Waals surface area contributed by atoms with Gasteiger partial charge in [-0.3, -0.25) is 4.79 Å². The number of anilines is 1. The Bertz CT molecular complexity index is 760. The molecule has 3 nitrogen and oxygen atoms in total. The van der Waals surface area contributed by atoms with E-state index < -0.39 is 0 Å². The Hall–Kier alpha value is -2.81. The number of para-hydroxylation sites is 1. The maximum atomic E-state index is 12.3. The highest BCUT2D eigenvalue weighted by Gasteiger charge is 2.13. The third-order valence-corrected chi connectivity index (χ3v) is 3.36. The molecule has 1 N–H and O–H groups in total. The van der Waals surface area contributed by atoms with Crippen LogP contribution in [0, 0.1) is 6.92 Å². The van der Waals surface area contributed by atoms with E-state index in [1.807, 2.05) is 54.6 Å². The number of hydrogen-bond donors (Lipinski definition) is 1. The van der Waals surface area contributed by atoms with Crippen molar-refractivity contribution in [2.45, 2.75) is 6.92 Å². The number of carbonyl (C=O) groups is 1.